The molecule has 6 nitrogen and oxygen atoms in total. The van der Waals surface area contributed by atoms with Crippen LogP contribution in [0, 0.1) is 0 Å². The molecule has 0 spiro atoms. The number of carboxylic acid groups (broad SMARTS) is 1. The van der Waals surface area contributed by atoms with Crippen LogP contribution in [0.1, 0.15) is 6.42 Å². The molecule has 2 rings (SSSR count). The van der Waals surface area contributed by atoms with E-state index < -0.39 is 31.0 Å². The largest absolute Gasteiger partial charge is 0.512 e. The number of aliphatic carboxylic acids is 1. The minimum Gasteiger partial charge on any atom is -0.512 e. The first-order chi connectivity index (χ1) is 8.85. The molecule has 2 aliphatic rings. The van der Waals surface area contributed by atoms with E-state index in [-0.39, 0.29) is 23.7 Å². The number of halogens is 2. The molecule has 4 N–H and O–H groups in total. The summed E-state index contributed by atoms with van der Waals surface area (Å²) in [5.41, 5.74) is -0.0528. The number of carboxylic acids is 1. The quantitative estimate of drug-likeness (QED) is 0.584. The second kappa shape index (κ2) is 4.87. The average Bonchev–Trinajstić information content (AvgIpc) is 2.31. The van der Waals surface area contributed by atoms with Gasteiger partial charge in [-0.2, -0.15) is 0 Å². The molecule has 0 saturated carbocycles. The number of nitrogens with zero attached hydrogens (tertiary/aromatic N) is 1. The third-order valence-electron chi connectivity index (χ3n) is 2.68. The standard InChI is InChI=1S/C11H13F2N3O3/c12-11(13)4-14-10(15-5-11)16-7-1-6(9(18)19)2-8(17)3-7/h1-2,7,17H,3-5H2,(H,18,19)(H2,14,15,16). The maximum Gasteiger partial charge on any atom is 0.335 e. The zero-order chi connectivity index (χ0) is 14.0. The van der Waals surface area contributed by atoms with Crippen LogP contribution in [0.2, 0.25) is 0 Å². The molecule has 0 aromatic rings. The van der Waals surface area contributed by atoms with Crippen LogP contribution in [-0.2, 0) is 4.79 Å². The SMILES string of the molecule is O=C(O)C1=CC(NC2=NCC(F)(F)CN2)CC(O)=C1. The Bertz CT molecular complexity index is 486. The molecule has 104 valence electrons. The molecule has 1 unspecified atom stereocenters. The molecule has 1 atom stereocenters. The second-order valence-electron chi connectivity index (χ2n) is 4.39. The van der Waals surface area contributed by atoms with Gasteiger partial charge >= 0.3 is 5.97 Å². The van der Waals surface area contributed by atoms with Gasteiger partial charge in [0.15, 0.2) is 5.96 Å². The summed E-state index contributed by atoms with van der Waals surface area (Å²) in [7, 11) is 0. The van der Waals surface area contributed by atoms with Crippen molar-refractivity contribution in [2.75, 3.05) is 13.1 Å². The van der Waals surface area contributed by atoms with E-state index >= 15 is 0 Å². The highest BCUT2D eigenvalue weighted by molar-refractivity contribution is 5.90. The fraction of sp³-hybridized carbons (Fsp3) is 0.455. The van der Waals surface area contributed by atoms with Crippen molar-refractivity contribution in [3.8, 4) is 0 Å². The Labute approximate surface area is 107 Å². The lowest BCUT2D eigenvalue weighted by Crippen LogP contribution is -2.51. The third-order valence-corrected chi connectivity index (χ3v) is 2.68. The molecular formula is C11H13F2N3O3. The first kappa shape index (κ1) is 13.3. The number of carbonyl (C=O) groups is 1. The van der Waals surface area contributed by atoms with Crippen LogP contribution >= 0.6 is 0 Å². The van der Waals surface area contributed by atoms with Gasteiger partial charge in [-0.1, -0.05) is 0 Å². The van der Waals surface area contributed by atoms with E-state index in [1.807, 2.05) is 0 Å². The second-order valence-corrected chi connectivity index (χ2v) is 4.39. The van der Waals surface area contributed by atoms with E-state index in [1.54, 1.807) is 0 Å². The van der Waals surface area contributed by atoms with Crippen LogP contribution in [0.4, 0.5) is 8.78 Å². The third kappa shape index (κ3) is 3.43. The number of rotatable bonds is 2. The Morgan fingerprint density at radius 1 is 1.58 bits per heavy atom. The Morgan fingerprint density at radius 2 is 2.32 bits per heavy atom. The van der Waals surface area contributed by atoms with E-state index in [9.17, 15) is 18.7 Å². The molecule has 0 fully saturated rings. The summed E-state index contributed by atoms with van der Waals surface area (Å²) < 4.78 is 25.7. The van der Waals surface area contributed by atoms with Crippen LogP contribution in [0.15, 0.2) is 28.5 Å². The molecule has 0 saturated heterocycles. The summed E-state index contributed by atoms with van der Waals surface area (Å²) in [6, 6.07) is -0.505. The molecule has 1 heterocycles. The fourth-order valence-electron chi connectivity index (χ4n) is 1.81. The van der Waals surface area contributed by atoms with Gasteiger partial charge in [0.25, 0.3) is 5.92 Å². The van der Waals surface area contributed by atoms with Crippen molar-refractivity contribution < 1.29 is 23.8 Å². The molecule has 0 radical (unpaired) electrons. The van der Waals surface area contributed by atoms with Gasteiger partial charge in [0, 0.05) is 6.42 Å². The minimum atomic E-state index is -2.87. The molecule has 0 aromatic heterocycles. The van der Waals surface area contributed by atoms with Gasteiger partial charge in [-0.15, -0.1) is 0 Å². The van der Waals surface area contributed by atoms with Crippen LogP contribution in [-0.4, -0.2) is 47.2 Å². The van der Waals surface area contributed by atoms with Crippen molar-refractivity contribution in [2.24, 2.45) is 4.99 Å². The van der Waals surface area contributed by atoms with E-state index in [2.05, 4.69) is 15.6 Å². The first-order valence-electron chi connectivity index (χ1n) is 5.63. The van der Waals surface area contributed by atoms with Crippen LogP contribution in [0.3, 0.4) is 0 Å². The number of aliphatic hydroxyl groups excluding tert-OH is 1. The molecule has 1 aliphatic heterocycles. The topological polar surface area (TPSA) is 94.0 Å². The number of aliphatic imine (C=N–C) groups is 1. The summed E-state index contributed by atoms with van der Waals surface area (Å²) in [6.45, 7) is -1.14. The highest BCUT2D eigenvalue weighted by Gasteiger charge is 2.32. The smallest absolute Gasteiger partial charge is 0.335 e. The van der Waals surface area contributed by atoms with Crippen LogP contribution in [0.5, 0.6) is 0 Å². The maximum absolute atomic E-state index is 12.9. The van der Waals surface area contributed by atoms with Gasteiger partial charge in [0.1, 0.15) is 6.54 Å². The van der Waals surface area contributed by atoms with Gasteiger partial charge in [0.05, 0.1) is 23.9 Å². The van der Waals surface area contributed by atoms with Crippen molar-refractivity contribution in [1.29, 1.82) is 0 Å². The minimum absolute atomic E-state index is 0.0528. The number of aliphatic hydroxyl groups is 1. The normalized spacial score (nSPS) is 25.6. The lowest BCUT2D eigenvalue weighted by molar-refractivity contribution is -0.132. The lowest BCUT2D eigenvalue weighted by Gasteiger charge is -2.26. The van der Waals surface area contributed by atoms with Gasteiger partial charge < -0.3 is 20.8 Å². The van der Waals surface area contributed by atoms with Crippen molar-refractivity contribution in [1.82, 2.24) is 10.6 Å². The fourth-order valence-corrected chi connectivity index (χ4v) is 1.81. The summed E-state index contributed by atoms with van der Waals surface area (Å²) in [5, 5.41) is 23.5. The van der Waals surface area contributed by atoms with Gasteiger partial charge in [-0.25, -0.2) is 18.6 Å². The molecule has 0 bridgehead atoms. The van der Waals surface area contributed by atoms with Gasteiger partial charge in [-0.3, -0.25) is 0 Å². The molecule has 0 amide bonds. The highest BCUT2D eigenvalue weighted by Crippen LogP contribution is 2.18. The maximum atomic E-state index is 12.9. The first-order valence-corrected chi connectivity index (χ1v) is 5.63. The van der Waals surface area contributed by atoms with Crippen molar-refractivity contribution >= 4 is 11.9 Å². The lowest BCUT2D eigenvalue weighted by atomic mass is 10.0. The summed E-state index contributed by atoms with van der Waals surface area (Å²) in [5.74, 6) is -3.95. The molecule has 8 heteroatoms. The Balaban J connectivity index is 2.03. The molecular weight excluding hydrogens is 260 g/mol. The molecule has 1 aliphatic carbocycles. The Morgan fingerprint density at radius 3 is 2.89 bits per heavy atom. The van der Waals surface area contributed by atoms with Gasteiger partial charge in [0.2, 0.25) is 0 Å². The van der Waals surface area contributed by atoms with Crippen LogP contribution in [0.25, 0.3) is 0 Å². The zero-order valence-corrected chi connectivity index (χ0v) is 9.86. The summed E-state index contributed by atoms with van der Waals surface area (Å²) in [6.07, 6.45) is 2.73. The predicted octanol–water partition coefficient (Wildman–Crippen LogP) is 0.396. The summed E-state index contributed by atoms with van der Waals surface area (Å²) in [4.78, 5) is 14.5. The van der Waals surface area contributed by atoms with Gasteiger partial charge in [-0.05, 0) is 12.2 Å². The number of hydrogen-bond acceptors (Lipinski definition) is 5. The number of nitrogens with one attached hydrogen (secondary N) is 2. The zero-order valence-electron chi connectivity index (χ0n) is 9.86. The predicted molar refractivity (Wildman–Crippen MR) is 63.2 cm³/mol. The van der Waals surface area contributed by atoms with E-state index in [1.165, 1.54) is 6.08 Å². The Kier molecular flexibility index (Phi) is 3.41. The van der Waals surface area contributed by atoms with E-state index in [4.69, 9.17) is 5.11 Å². The van der Waals surface area contributed by atoms with E-state index in [0.29, 0.717) is 0 Å². The van der Waals surface area contributed by atoms with E-state index in [0.717, 1.165) is 6.08 Å². The number of alkyl halides is 2. The highest BCUT2D eigenvalue weighted by atomic mass is 19.3. The average molecular weight is 273 g/mol. The van der Waals surface area contributed by atoms with Crippen molar-refractivity contribution in [2.45, 2.75) is 18.4 Å². The number of guanidine groups is 1. The van der Waals surface area contributed by atoms with Crippen LogP contribution < -0.4 is 10.6 Å². The molecule has 0 aromatic carbocycles. The monoisotopic (exact) mass is 273 g/mol. The Hall–Kier alpha value is -2.12. The molecule has 19 heavy (non-hydrogen) atoms. The number of hydrogen-bond donors (Lipinski definition) is 4. The summed E-state index contributed by atoms with van der Waals surface area (Å²) >= 11 is 0. The van der Waals surface area contributed by atoms with Crippen molar-refractivity contribution in [3.05, 3.63) is 23.5 Å². The van der Waals surface area contributed by atoms with Crippen molar-refractivity contribution in [3.63, 3.8) is 0 Å².